The normalized spacial score (nSPS) is 13.0. The molecule has 2 rings (SSSR count). The van der Waals surface area contributed by atoms with Crippen molar-refractivity contribution in [2.75, 3.05) is 25.9 Å². The third-order valence-electron chi connectivity index (χ3n) is 4.64. The van der Waals surface area contributed by atoms with Gasteiger partial charge in [0, 0.05) is 32.1 Å². The Labute approximate surface area is 207 Å². The van der Waals surface area contributed by atoms with Gasteiger partial charge in [-0.2, -0.15) is 0 Å². The number of ether oxygens (including phenoxy) is 1. The van der Waals surface area contributed by atoms with Crippen molar-refractivity contribution in [1.29, 1.82) is 0 Å². The van der Waals surface area contributed by atoms with Gasteiger partial charge in [-0.3, -0.25) is 0 Å². The van der Waals surface area contributed by atoms with Crippen LogP contribution >= 0.6 is 8.15 Å². The summed E-state index contributed by atoms with van der Waals surface area (Å²) < 4.78 is 6.01. The molecule has 5 heteroatoms. The molecule has 2 aromatic carbocycles. The van der Waals surface area contributed by atoms with E-state index in [2.05, 4.69) is 29.6 Å². The molecule has 0 spiro atoms. The molecule has 0 fully saturated rings. The summed E-state index contributed by atoms with van der Waals surface area (Å²) >= 11 is 0. The molecule has 1 unspecified atom stereocenters. The molecule has 0 bridgehead atoms. The van der Waals surface area contributed by atoms with E-state index >= 15 is 0 Å². The smallest absolute Gasteiger partial charge is 0.128 e. The summed E-state index contributed by atoms with van der Waals surface area (Å²) in [6.07, 6.45) is 15.0. The van der Waals surface area contributed by atoms with Crippen molar-refractivity contribution in [3.63, 3.8) is 0 Å². The number of para-hydroxylation sites is 1. The van der Waals surface area contributed by atoms with Gasteiger partial charge in [0.05, 0.1) is 0 Å². The van der Waals surface area contributed by atoms with Gasteiger partial charge in [0.25, 0.3) is 0 Å². The molecule has 0 amide bonds. The van der Waals surface area contributed by atoms with Gasteiger partial charge in [-0.1, -0.05) is 74.6 Å². The van der Waals surface area contributed by atoms with Gasteiger partial charge >= 0.3 is 0 Å². The maximum Gasteiger partial charge on any atom is 0.128 e. The van der Waals surface area contributed by atoms with Crippen LogP contribution in [0.4, 0.5) is 0 Å². The van der Waals surface area contributed by atoms with Crippen LogP contribution in [0.3, 0.4) is 0 Å². The second kappa shape index (κ2) is 18.7. The average molecular weight is 481 g/mol. The Kier molecular flexibility index (Phi) is 16.2. The molecule has 0 saturated heterocycles. The van der Waals surface area contributed by atoms with Crippen molar-refractivity contribution in [1.82, 2.24) is 5.32 Å². The number of unbranched alkanes of at least 4 members (excludes halogenated alkanes) is 1. The van der Waals surface area contributed by atoms with E-state index in [1.165, 1.54) is 0 Å². The van der Waals surface area contributed by atoms with Crippen molar-refractivity contribution in [2.45, 2.75) is 33.6 Å². The van der Waals surface area contributed by atoms with Crippen LogP contribution in [0.2, 0.25) is 0 Å². The molecular weight excluding hydrogens is 439 g/mol. The van der Waals surface area contributed by atoms with Gasteiger partial charge < -0.3 is 20.7 Å². The largest absolute Gasteiger partial charge is 0.457 e. The lowest BCUT2D eigenvalue weighted by Crippen LogP contribution is -2.15. The molecule has 0 aliphatic carbocycles. The molecule has 4 nitrogen and oxygen atoms in total. The van der Waals surface area contributed by atoms with Gasteiger partial charge in [-0.15, -0.1) is 0 Å². The number of allylic oxidation sites excluding steroid dienone is 7. The fourth-order valence-electron chi connectivity index (χ4n) is 2.95. The molecule has 0 heterocycles. The monoisotopic (exact) mass is 480 g/mol. The van der Waals surface area contributed by atoms with E-state index in [9.17, 15) is 4.89 Å². The van der Waals surface area contributed by atoms with Gasteiger partial charge in [0.15, 0.2) is 0 Å². The van der Waals surface area contributed by atoms with Crippen LogP contribution in [0.1, 0.15) is 39.2 Å². The highest BCUT2D eigenvalue weighted by Crippen LogP contribution is 2.25. The predicted molar refractivity (Wildman–Crippen MR) is 151 cm³/mol. The average Bonchev–Trinajstić information content (AvgIpc) is 2.86. The van der Waals surface area contributed by atoms with Gasteiger partial charge in [0.2, 0.25) is 0 Å². The third-order valence-corrected chi connectivity index (χ3v) is 5.37. The molecule has 2 aromatic rings. The fourth-order valence-corrected chi connectivity index (χ4v) is 3.36. The molecule has 0 saturated carbocycles. The van der Waals surface area contributed by atoms with E-state index in [-0.39, 0.29) is 0 Å². The fraction of sp³-hybridized carbons (Fsp3) is 0.310. The zero-order chi connectivity index (χ0) is 25.0. The minimum Gasteiger partial charge on any atom is -0.457 e. The Bertz CT molecular complexity index is 919. The Hall–Kier alpha value is -2.65. The molecule has 0 aromatic heterocycles. The first kappa shape index (κ1) is 29.4. The molecule has 4 N–H and O–H groups in total. The zero-order valence-electron chi connectivity index (χ0n) is 21.1. The van der Waals surface area contributed by atoms with Crippen LogP contribution in [0.5, 0.6) is 11.5 Å². The van der Waals surface area contributed by atoms with E-state index < -0.39 is 8.15 Å². The summed E-state index contributed by atoms with van der Waals surface area (Å²) in [5, 5.41) is 3.54. The van der Waals surface area contributed by atoms with Gasteiger partial charge in [-0.25, -0.2) is 0 Å². The summed E-state index contributed by atoms with van der Waals surface area (Å²) in [5.41, 5.74) is 8.83. The minimum absolute atomic E-state index is 0.700. The van der Waals surface area contributed by atoms with Crippen molar-refractivity contribution in [2.24, 2.45) is 5.73 Å². The number of benzene rings is 2. The van der Waals surface area contributed by atoms with Crippen LogP contribution in [-0.4, -0.2) is 30.8 Å². The Morgan fingerprint density at radius 2 is 1.76 bits per heavy atom. The van der Waals surface area contributed by atoms with Crippen LogP contribution < -0.4 is 15.8 Å². The van der Waals surface area contributed by atoms with E-state index in [1.807, 2.05) is 94.2 Å². The molecule has 34 heavy (non-hydrogen) atoms. The standard InChI is InChI=1S/C27H35N2O2P.C2H6/c1-3-23(13-11-21-32(2)30)12-9-18-27(29-20-8-7-19-28)24-14-10-17-26(22-24)31-25-15-5-4-6-16-25;1-2/h3-6,9-18,22,29-30H,7-8,19-21,28H2,1-2H3;1-2H3/b12-9+,13-11-,23-3-,27-18-;. The Balaban J connectivity index is 0.00000281. The van der Waals surface area contributed by atoms with Crippen LogP contribution in [0.25, 0.3) is 5.70 Å². The Morgan fingerprint density at radius 3 is 2.44 bits per heavy atom. The van der Waals surface area contributed by atoms with Crippen molar-refractivity contribution in [3.05, 3.63) is 102 Å². The predicted octanol–water partition coefficient (Wildman–Crippen LogP) is 7.25. The maximum atomic E-state index is 9.49. The van der Waals surface area contributed by atoms with E-state index in [0.717, 1.165) is 47.7 Å². The lowest BCUT2D eigenvalue weighted by Gasteiger charge is -2.13. The van der Waals surface area contributed by atoms with Crippen LogP contribution in [0, 0.1) is 0 Å². The maximum absolute atomic E-state index is 9.49. The number of nitrogens with one attached hydrogen (secondary N) is 1. The van der Waals surface area contributed by atoms with Crippen molar-refractivity contribution in [3.8, 4) is 11.5 Å². The van der Waals surface area contributed by atoms with E-state index in [4.69, 9.17) is 10.5 Å². The molecular formula is C29H41N2O2P. The number of hydrogen-bond acceptors (Lipinski definition) is 4. The number of nitrogens with two attached hydrogens (primary N) is 1. The van der Waals surface area contributed by atoms with Crippen LogP contribution in [-0.2, 0) is 0 Å². The summed E-state index contributed by atoms with van der Waals surface area (Å²) in [7, 11) is -0.903. The highest BCUT2D eigenvalue weighted by atomic mass is 31.1. The summed E-state index contributed by atoms with van der Waals surface area (Å²) in [6.45, 7) is 9.42. The van der Waals surface area contributed by atoms with E-state index in [0.29, 0.717) is 12.7 Å². The zero-order valence-corrected chi connectivity index (χ0v) is 22.0. The minimum atomic E-state index is -0.903. The first-order valence-corrected chi connectivity index (χ1v) is 13.9. The Morgan fingerprint density at radius 1 is 1.03 bits per heavy atom. The van der Waals surface area contributed by atoms with E-state index in [1.54, 1.807) is 0 Å². The first-order valence-electron chi connectivity index (χ1n) is 12.0. The SMILES string of the molecule is C/C=C(\C=C/CP(C)O)/C=C/C=C(\NCCCCN)c1cccc(Oc2ccccc2)c1.CC. The second-order valence-corrected chi connectivity index (χ2v) is 9.02. The summed E-state index contributed by atoms with van der Waals surface area (Å²) in [6, 6.07) is 17.9. The van der Waals surface area contributed by atoms with Crippen LogP contribution in [0.15, 0.2) is 96.6 Å². The highest BCUT2D eigenvalue weighted by Gasteiger charge is 2.04. The van der Waals surface area contributed by atoms with Gasteiger partial charge in [-0.05, 0) is 68.9 Å². The van der Waals surface area contributed by atoms with Crippen molar-refractivity contribution >= 4 is 13.8 Å². The molecule has 184 valence electrons. The van der Waals surface area contributed by atoms with Gasteiger partial charge in [0.1, 0.15) is 11.5 Å². The topological polar surface area (TPSA) is 67.5 Å². The molecule has 0 aliphatic rings. The second-order valence-electron chi connectivity index (χ2n) is 7.34. The summed E-state index contributed by atoms with van der Waals surface area (Å²) in [4.78, 5) is 9.49. The summed E-state index contributed by atoms with van der Waals surface area (Å²) in [5.74, 6) is 1.61. The number of hydrogen-bond donors (Lipinski definition) is 3. The highest BCUT2D eigenvalue weighted by molar-refractivity contribution is 7.50. The first-order chi connectivity index (χ1) is 16.6. The third kappa shape index (κ3) is 12.6. The van der Waals surface area contributed by atoms with Crippen molar-refractivity contribution < 1.29 is 9.63 Å². The molecule has 0 radical (unpaired) electrons. The molecule has 0 aliphatic heterocycles. The quantitative estimate of drug-likeness (QED) is 0.160. The lowest BCUT2D eigenvalue weighted by atomic mass is 10.1. The molecule has 1 atom stereocenters. The number of rotatable bonds is 13. The lowest BCUT2D eigenvalue weighted by molar-refractivity contribution is 0.482.